The Bertz CT molecular complexity index is 1990. The van der Waals surface area contributed by atoms with Crippen LogP contribution in [0.25, 0.3) is 0 Å². The summed E-state index contributed by atoms with van der Waals surface area (Å²) in [4.78, 5) is 67.5. The molecule has 494 valence electrons. The lowest BCUT2D eigenvalue weighted by Crippen LogP contribution is -2.59. The topological polar surface area (TPSA) is 444 Å². The van der Waals surface area contributed by atoms with Crippen molar-refractivity contribution in [2.24, 2.45) is 0 Å². The number of carbonyl (C=O) groups excluding carboxylic acids is 5. The summed E-state index contributed by atoms with van der Waals surface area (Å²) in [6.07, 6.45) is -9.58. The third-order valence-corrected chi connectivity index (χ3v) is 15.1. The van der Waals surface area contributed by atoms with Crippen LogP contribution in [0.2, 0.25) is 0 Å². The molecule has 0 radical (unpaired) electrons. The number of aliphatic hydroxyl groups excluding tert-OH is 12. The molecule has 0 aliphatic carbocycles. The largest absolute Gasteiger partial charge is 0.461 e. The Balaban J connectivity index is 1.26. The molecule has 4 amide bonds. The van der Waals surface area contributed by atoms with Crippen molar-refractivity contribution in [3.05, 3.63) is 35.9 Å². The summed E-state index contributed by atoms with van der Waals surface area (Å²) in [5, 5.41) is 131. The van der Waals surface area contributed by atoms with Gasteiger partial charge in [0.2, 0.25) is 23.6 Å². The fourth-order valence-corrected chi connectivity index (χ4v) is 9.96. The zero-order chi connectivity index (χ0) is 62.8. The van der Waals surface area contributed by atoms with Crippen LogP contribution < -0.4 is 21.3 Å². The van der Waals surface area contributed by atoms with Crippen LogP contribution >= 0.6 is 0 Å². The molecule has 3 saturated heterocycles. The summed E-state index contributed by atoms with van der Waals surface area (Å²) in [6, 6.07) is 8.40. The minimum absolute atomic E-state index is 0.0319. The summed E-state index contributed by atoms with van der Waals surface area (Å²) in [6.45, 7) is -4.34. The van der Waals surface area contributed by atoms with E-state index in [2.05, 4.69) is 21.3 Å². The summed E-state index contributed by atoms with van der Waals surface area (Å²) in [7, 11) is 0. The van der Waals surface area contributed by atoms with Crippen LogP contribution in [0.1, 0.15) is 115 Å². The van der Waals surface area contributed by atoms with Gasteiger partial charge < -0.3 is 116 Å². The minimum atomic E-state index is -1.72. The molecule has 0 bridgehead atoms. The molecule has 86 heavy (non-hydrogen) atoms. The molecule has 29 heteroatoms. The number of hydrogen-bond acceptors (Lipinski definition) is 25. The quantitative estimate of drug-likeness (QED) is 0.0219. The van der Waals surface area contributed by atoms with E-state index in [9.17, 15) is 85.3 Å². The van der Waals surface area contributed by atoms with Crippen molar-refractivity contribution >= 4 is 29.6 Å². The number of aliphatic hydroxyl groups is 12. The minimum Gasteiger partial charge on any atom is -0.461 e. The van der Waals surface area contributed by atoms with Crippen LogP contribution in [0.3, 0.4) is 0 Å². The van der Waals surface area contributed by atoms with Crippen molar-refractivity contribution in [2.45, 2.75) is 214 Å². The fourth-order valence-electron chi connectivity index (χ4n) is 9.96. The van der Waals surface area contributed by atoms with E-state index in [-0.39, 0.29) is 64.3 Å². The van der Waals surface area contributed by atoms with Gasteiger partial charge in [-0.2, -0.15) is 0 Å². The first-order valence-corrected chi connectivity index (χ1v) is 30.2. The Hall–Kier alpha value is -4.19. The molecule has 0 saturated carbocycles. The predicted molar refractivity (Wildman–Crippen MR) is 301 cm³/mol. The number of esters is 1. The Morgan fingerprint density at radius 3 is 1.24 bits per heavy atom. The van der Waals surface area contributed by atoms with E-state index in [1.165, 1.54) is 4.90 Å². The highest BCUT2D eigenvalue weighted by molar-refractivity contribution is 5.86. The van der Waals surface area contributed by atoms with Crippen molar-refractivity contribution in [1.29, 1.82) is 0 Å². The molecule has 4 rings (SSSR count). The van der Waals surface area contributed by atoms with Gasteiger partial charge in [-0.1, -0.05) is 94.5 Å². The van der Waals surface area contributed by atoms with Crippen LogP contribution in [0.5, 0.6) is 0 Å². The zero-order valence-corrected chi connectivity index (χ0v) is 49.1. The standard InChI is InChI=1S/C57H97N5O24/c63-32-38-45(70)48(73)51(76)55(84-38)80-27-24-59-42(67)30-62(31-43(68)60-25-28-81-56-52(77)49(74)46(71)39(33-64)85-56)37(54(79)61-26-29-82-57-53(78)50(75)47(72)40(34-65)86-57)20-16-17-23-58-41(66)21-14-9-7-5-3-1-2-4-6-8-10-15-22-44(69)83-35-36-18-12-11-13-19-36/h11-13,18-19,37-40,45-53,55-57,63-65,70-78H,1-10,14-17,20-35H2,(H,58,66)(H,59,67)(H,60,68)(H,61,79)/t37?,38-,39-,40-,45-,46-,47-,48+,49+,50+,51+,52+,53+,55+,56+,57+/m1/s1. The molecular weight excluding hydrogens is 1140 g/mol. The van der Waals surface area contributed by atoms with Crippen LogP contribution in [0, 0.1) is 0 Å². The lowest BCUT2D eigenvalue weighted by atomic mass is 9.99. The zero-order valence-electron chi connectivity index (χ0n) is 49.1. The second-order valence-corrected chi connectivity index (χ2v) is 21.9. The van der Waals surface area contributed by atoms with E-state index in [0.29, 0.717) is 38.7 Å². The highest BCUT2D eigenvalue weighted by Gasteiger charge is 2.46. The number of benzene rings is 1. The van der Waals surface area contributed by atoms with E-state index in [1.54, 1.807) is 0 Å². The lowest BCUT2D eigenvalue weighted by molar-refractivity contribution is -0.300. The molecule has 1 unspecified atom stereocenters. The van der Waals surface area contributed by atoms with Crippen LogP contribution in [0.4, 0.5) is 0 Å². The molecule has 3 heterocycles. The molecular formula is C57H97N5O24. The Labute approximate surface area is 501 Å². The van der Waals surface area contributed by atoms with Gasteiger partial charge in [0, 0.05) is 39.0 Å². The van der Waals surface area contributed by atoms with E-state index in [0.717, 1.165) is 76.2 Å². The van der Waals surface area contributed by atoms with Crippen molar-refractivity contribution < 1.29 is 118 Å². The number of unbranched alkanes of at least 4 members (excludes halogenated alkanes) is 12. The normalized spacial score (nSPS) is 27.9. The van der Waals surface area contributed by atoms with Crippen molar-refractivity contribution in [3.63, 3.8) is 0 Å². The smallest absolute Gasteiger partial charge is 0.306 e. The number of hydrogen-bond donors (Lipinski definition) is 16. The Kier molecular flexibility index (Phi) is 36.2. The molecule has 16 N–H and O–H groups in total. The second kappa shape index (κ2) is 41.9. The van der Waals surface area contributed by atoms with E-state index < -0.39 is 149 Å². The van der Waals surface area contributed by atoms with Gasteiger partial charge in [0.25, 0.3) is 0 Å². The SMILES string of the molecule is O=C(CCCCCCCCCCCCCCC(=O)OCc1ccccc1)NCCCCC(C(=O)NCCO[C@H]1O[C@H](CO)[C@@H](O)[C@H](O)[C@@H]1O)N(CC(=O)NCCO[C@H]1O[C@H](CO)[C@@H](O)[C@H](O)[C@@H]1O)CC(=O)NCCO[C@H]1O[C@H](CO)[C@@H](O)[C@H](O)[C@@H]1O. The number of amides is 4. The molecule has 16 atom stereocenters. The maximum Gasteiger partial charge on any atom is 0.306 e. The van der Waals surface area contributed by atoms with Gasteiger partial charge >= 0.3 is 5.97 Å². The Morgan fingerprint density at radius 1 is 0.442 bits per heavy atom. The number of nitrogens with one attached hydrogen (secondary N) is 4. The molecule has 3 fully saturated rings. The molecule has 29 nitrogen and oxygen atoms in total. The van der Waals surface area contributed by atoms with Gasteiger partial charge in [0.1, 0.15) is 79.9 Å². The van der Waals surface area contributed by atoms with Crippen molar-refractivity contribution in [1.82, 2.24) is 26.2 Å². The molecule has 1 aromatic carbocycles. The van der Waals surface area contributed by atoms with Crippen LogP contribution in [-0.4, -0.2) is 273 Å². The van der Waals surface area contributed by atoms with Crippen LogP contribution in [0.15, 0.2) is 30.3 Å². The summed E-state index contributed by atoms with van der Waals surface area (Å²) < 4.78 is 37.9. The third kappa shape index (κ3) is 26.5. The highest BCUT2D eigenvalue weighted by Crippen LogP contribution is 2.25. The van der Waals surface area contributed by atoms with Crippen LogP contribution in [-0.2, 0) is 63.7 Å². The highest BCUT2D eigenvalue weighted by atomic mass is 16.7. The van der Waals surface area contributed by atoms with Gasteiger partial charge in [0.05, 0.1) is 58.8 Å². The average molecular weight is 1240 g/mol. The third-order valence-electron chi connectivity index (χ3n) is 15.1. The van der Waals surface area contributed by atoms with E-state index >= 15 is 0 Å². The first-order valence-electron chi connectivity index (χ1n) is 30.2. The first-order chi connectivity index (χ1) is 41.4. The molecule has 3 aliphatic rings. The molecule has 3 aliphatic heterocycles. The average Bonchev–Trinajstić information content (AvgIpc) is 1.74. The number of rotatable bonds is 43. The van der Waals surface area contributed by atoms with Crippen molar-refractivity contribution in [2.75, 3.05) is 78.9 Å². The molecule has 0 spiro atoms. The van der Waals surface area contributed by atoms with E-state index in [1.807, 2.05) is 30.3 Å². The predicted octanol–water partition coefficient (Wildman–Crippen LogP) is -4.05. The van der Waals surface area contributed by atoms with Gasteiger partial charge in [-0.05, 0) is 37.7 Å². The molecule has 1 aromatic rings. The fraction of sp³-hybridized carbons (Fsp3) is 0.807. The lowest BCUT2D eigenvalue weighted by Gasteiger charge is -2.39. The summed E-state index contributed by atoms with van der Waals surface area (Å²) in [5.74, 6) is -2.42. The number of carbonyl (C=O) groups is 5. The van der Waals surface area contributed by atoms with Gasteiger partial charge in [0.15, 0.2) is 18.9 Å². The summed E-state index contributed by atoms with van der Waals surface area (Å²) in [5.41, 5.74) is 0.975. The first kappa shape index (κ1) is 74.3. The monoisotopic (exact) mass is 1240 g/mol. The maximum absolute atomic E-state index is 14.2. The second-order valence-electron chi connectivity index (χ2n) is 21.9. The van der Waals surface area contributed by atoms with Gasteiger partial charge in [-0.15, -0.1) is 0 Å². The van der Waals surface area contributed by atoms with Gasteiger partial charge in [-0.3, -0.25) is 28.9 Å². The summed E-state index contributed by atoms with van der Waals surface area (Å²) >= 11 is 0. The molecule has 0 aromatic heterocycles. The number of nitrogens with zero attached hydrogens (tertiary/aromatic N) is 1. The van der Waals surface area contributed by atoms with Crippen molar-refractivity contribution in [3.8, 4) is 0 Å². The number of ether oxygens (including phenoxy) is 7. The maximum atomic E-state index is 14.2. The Morgan fingerprint density at radius 2 is 0.826 bits per heavy atom. The van der Waals surface area contributed by atoms with E-state index in [4.69, 9.17) is 33.2 Å². The van der Waals surface area contributed by atoms with Gasteiger partial charge in [-0.25, -0.2) is 0 Å².